The average Bonchev–Trinajstić information content (AvgIpc) is 2.42. The fourth-order valence-electron chi connectivity index (χ4n) is 2.11. The molecule has 0 amide bonds. The lowest BCUT2D eigenvalue weighted by Gasteiger charge is -2.15. The van der Waals surface area contributed by atoms with E-state index in [1.807, 2.05) is 38.1 Å². The molecule has 1 heterocycles. The molecule has 20 heavy (non-hydrogen) atoms. The monoisotopic (exact) mass is 273 g/mol. The highest BCUT2D eigenvalue weighted by Crippen LogP contribution is 2.15. The lowest BCUT2D eigenvalue weighted by molar-refractivity contribution is -0.141. The number of anilines is 1. The van der Waals surface area contributed by atoms with Crippen LogP contribution in [0, 0.1) is 11.8 Å². The first-order chi connectivity index (χ1) is 9.56. The summed E-state index contributed by atoms with van der Waals surface area (Å²) in [5, 5.41) is 13.2. The summed E-state index contributed by atoms with van der Waals surface area (Å²) in [6, 6.07) is 7.70. The van der Waals surface area contributed by atoms with Crippen LogP contribution in [0.1, 0.15) is 20.3 Å². The van der Waals surface area contributed by atoms with Crippen LogP contribution < -0.4 is 5.32 Å². The predicted octanol–water partition coefficient (Wildman–Crippen LogP) is 2.79. The highest BCUT2D eigenvalue weighted by molar-refractivity contribution is 5.78. The zero-order chi connectivity index (χ0) is 14.5. The van der Waals surface area contributed by atoms with Crippen molar-refractivity contribution in [2.24, 2.45) is 11.8 Å². The van der Waals surface area contributed by atoms with Gasteiger partial charge < -0.3 is 10.4 Å². The largest absolute Gasteiger partial charge is 0.481 e. The van der Waals surface area contributed by atoms with Crippen LogP contribution in [0.15, 0.2) is 30.5 Å². The van der Waals surface area contributed by atoms with Gasteiger partial charge in [-0.2, -0.15) is 0 Å². The molecule has 1 aromatic heterocycles. The smallest absolute Gasteiger partial charge is 0.308 e. The van der Waals surface area contributed by atoms with Crippen LogP contribution in [0.2, 0.25) is 0 Å². The molecular weight excluding hydrogens is 254 g/mol. The number of nitrogens with one attached hydrogen (secondary N) is 1. The molecule has 0 aliphatic heterocycles. The molecule has 1 aromatic carbocycles. The van der Waals surface area contributed by atoms with Gasteiger partial charge in [0.15, 0.2) is 0 Å². The Morgan fingerprint density at radius 1 is 1.35 bits per heavy atom. The minimum absolute atomic E-state index is 0.339. The van der Waals surface area contributed by atoms with Crippen LogP contribution in [0.3, 0.4) is 0 Å². The summed E-state index contributed by atoms with van der Waals surface area (Å²) in [6.07, 6.45) is 2.37. The summed E-state index contributed by atoms with van der Waals surface area (Å²) in [6.45, 7) is 4.37. The number of rotatable bonds is 6. The van der Waals surface area contributed by atoms with Crippen LogP contribution in [-0.4, -0.2) is 27.6 Å². The Balaban J connectivity index is 2.05. The summed E-state index contributed by atoms with van der Waals surface area (Å²) < 4.78 is 0. The number of hydrogen-bond acceptors (Lipinski definition) is 4. The second kappa shape index (κ2) is 6.32. The Bertz CT molecular complexity index is 598. The molecule has 1 atom stereocenters. The quantitative estimate of drug-likeness (QED) is 0.846. The molecule has 0 bridgehead atoms. The third-order valence-electron chi connectivity index (χ3n) is 3.10. The van der Waals surface area contributed by atoms with E-state index in [4.69, 9.17) is 0 Å². The Morgan fingerprint density at radius 2 is 2.10 bits per heavy atom. The molecule has 0 aliphatic rings. The van der Waals surface area contributed by atoms with E-state index in [0.717, 1.165) is 10.9 Å². The van der Waals surface area contributed by atoms with Crippen LogP contribution >= 0.6 is 0 Å². The van der Waals surface area contributed by atoms with E-state index in [2.05, 4.69) is 15.3 Å². The van der Waals surface area contributed by atoms with E-state index < -0.39 is 11.9 Å². The van der Waals surface area contributed by atoms with Crippen molar-refractivity contribution >= 4 is 22.8 Å². The first-order valence-electron chi connectivity index (χ1n) is 6.74. The average molecular weight is 273 g/mol. The van der Waals surface area contributed by atoms with Gasteiger partial charge in [0.25, 0.3) is 0 Å². The van der Waals surface area contributed by atoms with Crippen molar-refractivity contribution in [3.63, 3.8) is 0 Å². The normalized spacial score (nSPS) is 12.6. The van der Waals surface area contributed by atoms with Gasteiger partial charge in [-0.25, -0.2) is 9.97 Å². The first kappa shape index (κ1) is 14.2. The summed E-state index contributed by atoms with van der Waals surface area (Å²) in [4.78, 5) is 19.8. The van der Waals surface area contributed by atoms with E-state index in [1.54, 1.807) is 6.20 Å². The van der Waals surface area contributed by atoms with Crippen molar-refractivity contribution in [1.29, 1.82) is 0 Å². The highest BCUT2D eigenvalue weighted by Gasteiger charge is 2.18. The van der Waals surface area contributed by atoms with Crippen LogP contribution in [-0.2, 0) is 4.79 Å². The number of carbonyl (C=O) groups is 1. The van der Waals surface area contributed by atoms with E-state index >= 15 is 0 Å². The Kier molecular flexibility index (Phi) is 4.50. The molecule has 0 radical (unpaired) electrons. The zero-order valence-electron chi connectivity index (χ0n) is 11.7. The second-order valence-electron chi connectivity index (χ2n) is 5.30. The van der Waals surface area contributed by atoms with Gasteiger partial charge in [0.05, 0.1) is 11.4 Å². The highest BCUT2D eigenvalue weighted by atomic mass is 16.4. The minimum Gasteiger partial charge on any atom is -0.481 e. The summed E-state index contributed by atoms with van der Waals surface area (Å²) in [5.41, 5.74) is 0.848. The van der Waals surface area contributed by atoms with Gasteiger partial charge in [0.2, 0.25) is 5.95 Å². The standard InChI is InChI=1S/C15H19N3O2/c1-10(2)7-12(14(19)20)9-17-15-16-8-11-5-3-4-6-13(11)18-15/h3-6,8,10,12H,7,9H2,1-2H3,(H,19,20)(H,16,17,18). The Labute approximate surface area is 118 Å². The fourth-order valence-corrected chi connectivity index (χ4v) is 2.11. The third-order valence-corrected chi connectivity index (χ3v) is 3.10. The number of fused-ring (bicyclic) bond motifs is 1. The van der Waals surface area contributed by atoms with Crippen molar-refractivity contribution in [1.82, 2.24) is 9.97 Å². The Morgan fingerprint density at radius 3 is 2.80 bits per heavy atom. The number of aromatic nitrogens is 2. The molecule has 0 aliphatic carbocycles. The fraction of sp³-hybridized carbons (Fsp3) is 0.400. The molecule has 0 saturated heterocycles. The molecule has 5 heteroatoms. The van der Waals surface area contributed by atoms with Crippen LogP contribution in [0.25, 0.3) is 10.9 Å². The van der Waals surface area contributed by atoms with Gasteiger partial charge in [0, 0.05) is 18.1 Å². The van der Waals surface area contributed by atoms with Crippen molar-refractivity contribution in [2.45, 2.75) is 20.3 Å². The lowest BCUT2D eigenvalue weighted by atomic mass is 9.97. The summed E-state index contributed by atoms with van der Waals surface area (Å²) in [5.74, 6) is -0.397. The molecule has 106 valence electrons. The van der Waals surface area contributed by atoms with Gasteiger partial charge >= 0.3 is 5.97 Å². The SMILES string of the molecule is CC(C)CC(CNc1ncc2ccccc2n1)C(=O)O. The van der Waals surface area contributed by atoms with Gasteiger partial charge in [-0.1, -0.05) is 32.0 Å². The van der Waals surface area contributed by atoms with E-state index in [0.29, 0.717) is 24.8 Å². The van der Waals surface area contributed by atoms with Gasteiger partial charge in [-0.15, -0.1) is 0 Å². The van der Waals surface area contributed by atoms with Crippen molar-refractivity contribution in [3.05, 3.63) is 30.5 Å². The molecule has 2 aromatic rings. The van der Waals surface area contributed by atoms with E-state index in [9.17, 15) is 9.90 Å². The zero-order valence-corrected chi connectivity index (χ0v) is 11.7. The third kappa shape index (κ3) is 3.66. The number of carboxylic acids is 1. The van der Waals surface area contributed by atoms with Crippen LogP contribution in [0.5, 0.6) is 0 Å². The second-order valence-corrected chi connectivity index (χ2v) is 5.30. The summed E-state index contributed by atoms with van der Waals surface area (Å²) >= 11 is 0. The Hall–Kier alpha value is -2.17. The molecule has 5 nitrogen and oxygen atoms in total. The molecule has 1 unspecified atom stereocenters. The van der Waals surface area contributed by atoms with Gasteiger partial charge in [0.1, 0.15) is 0 Å². The number of hydrogen-bond donors (Lipinski definition) is 2. The first-order valence-corrected chi connectivity index (χ1v) is 6.74. The molecule has 0 fully saturated rings. The molecule has 0 saturated carbocycles. The van der Waals surface area contributed by atoms with E-state index in [1.165, 1.54) is 0 Å². The maximum absolute atomic E-state index is 11.2. The predicted molar refractivity (Wildman–Crippen MR) is 78.6 cm³/mol. The lowest BCUT2D eigenvalue weighted by Crippen LogP contribution is -2.25. The maximum atomic E-state index is 11.2. The van der Waals surface area contributed by atoms with Gasteiger partial charge in [-0.3, -0.25) is 4.79 Å². The number of carboxylic acid groups (broad SMARTS) is 1. The van der Waals surface area contributed by atoms with Crippen molar-refractivity contribution in [2.75, 3.05) is 11.9 Å². The topological polar surface area (TPSA) is 75.1 Å². The van der Waals surface area contributed by atoms with Crippen molar-refractivity contribution in [3.8, 4) is 0 Å². The number of para-hydroxylation sites is 1. The molecule has 0 spiro atoms. The molecule has 2 N–H and O–H groups in total. The van der Waals surface area contributed by atoms with E-state index in [-0.39, 0.29) is 0 Å². The maximum Gasteiger partial charge on any atom is 0.308 e. The number of nitrogens with zero attached hydrogens (tertiary/aromatic N) is 2. The van der Waals surface area contributed by atoms with Crippen molar-refractivity contribution < 1.29 is 9.90 Å². The minimum atomic E-state index is -0.785. The number of benzene rings is 1. The van der Waals surface area contributed by atoms with Gasteiger partial charge in [-0.05, 0) is 18.4 Å². The van der Waals surface area contributed by atoms with Crippen LogP contribution in [0.4, 0.5) is 5.95 Å². The molecular formula is C15H19N3O2. The summed E-state index contributed by atoms with van der Waals surface area (Å²) in [7, 11) is 0. The molecule has 2 rings (SSSR count). The number of aliphatic carboxylic acids is 1.